The van der Waals surface area contributed by atoms with Crippen molar-refractivity contribution in [3.05, 3.63) is 47.9 Å². The van der Waals surface area contributed by atoms with E-state index in [-0.39, 0.29) is 0 Å². The fourth-order valence-corrected chi connectivity index (χ4v) is 2.57. The second kappa shape index (κ2) is 5.10. The number of aryl methyl sites for hydroxylation is 1. The second-order valence-electron chi connectivity index (χ2n) is 5.12. The molecule has 3 aromatic rings. The molecular weight excluding hydrogens is 280 g/mol. The number of benzene rings is 1. The van der Waals surface area contributed by atoms with Crippen molar-refractivity contribution in [1.29, 1.82) is 0 Å². The Balaban J connectivity index is 1.63. The van der Waals surface area contributed by atoms with Gasteiger partial charge in [-0.15, -0.1) is 5.10 Å². The molecule has 0 bridgehead atoms. The first-order valence-corrected chi connectivity index (χ1v) is 7.05. The Labute approximate surface area is 127 Å². The summed E-state index contributed by atoms with van der Waals surface area (Å²) in [5.74, 6) is 2.50. The van der Waals surface area contributed by atoms with E-state index < -0.39 is 0 Å². The van der Waals surface area contributed by atoms with Gasteiger partial charge in [0, 0.05) is 18.3 Å². The van der Waals surface area contributed by atoms with Crippen LogP contribution in [0.3, 0.4) is 0 Å². The Kier molecular flexibility index (Phi) is 2.96. The zero-order chi connectivity index (χ0) is 14.9. The predicted molar refractivity (Wildman–Crippen MR) is 81.5 cm³/mol. The SMILES string of the molecule is Cc1cc(Nc2cnnc(N3CCc4ccccc43)n2)no1. The van der Waals surface area contributed by atoms with Crippen LogP contribution in [0.2, 0.25) is 0 Å². The van der Waals surface area contributed by atoms with E-state index in [0.717, 1.165) is 24.4 Å². The third-order valence-corrected chi connectivity index (χ3v) is 3.56. The van der Waals surface area contributed by atoms with E-state index in [2.05, 4.69) is 42.7 Å². The van der Waals surface area contributed by atoms with Crippen LogP contribution in [0.25, 0.3) is 0 Å². The van der Waals surface area contributed by atoms with E-state index in [1.807, 2.05) is 19.1 Å². The molecule has 7 heteroatoms. The van der Waals surface area contributed by atoms with Crippen molar-refractivity contribution < 1.29 is 4.52 Å². The molecule has 2 aromatic heterocycles. The highest BCUT2D eigenvalue weighted by atomic mass is 16.5. The first kappa shape index (κ1) is 12.8. The summed E-state index contributed by atoms with van der Waals surface area (Å²) in [4.78, 5) is 6.59. The summed E-state index contributed by atoms with van der Waals surface area (Å²) in [5, 5.41) is 15.1. The Morgan fingerprint density at radius 2 is 2.14 bits per heavy atom. The molecule has 3 heterocycles. The first-order valence-electron chi connectivity index (χ1n) is 7.05. The summed E-state index contributed by atoms with van der Waals surface area (Å²) in [6.07, 6.45) is 2.55. The highest BCUT2D eigenvalue weighted by Crippen LogP contribution is 2.32. The van der Waals surface area contributed by atoms with Gasteiger partial charge in [0.05, 0.1) is 6.20 Å². The van der Waals surface area contributed by atoms with E-state index in [1.54, 1.807) is 12.3 Å². The first-order chi connectivity index (χ1) is 10.8. The van der Waals surface area contributed by atoms with Gasteiger partial charge in [0.2, 0.25) is 0 Å². The molecular formula is C15H14N6O. The zero-order valence-corrected chi connectivity index (χ0v) is 12.0. The van der Waals surface area contributed by atoms with Crippen LogP contribution in [-0.4, -0.2) is 26.9 Å². The second-order valence-corrected chi connectivity index (χ2v) is 5.12. The molecule has 0 fully saturated rings. The van der Waals surface area contributed by atoms with Crippen molar-refractivity contribution in [2.75, 3.05) is 16.8 Å². The fourth-order valence-electron chi connectivity index (χ4n) is 2.57. The van der Waals surface area contributed by atoms with Crippen LogP contribution in [0.15, 0.2) is 41.1 Å². The van der Waals surface area contributed by atoms with Crippen LogP contribution in [-0.2, 0) is 6.42 Å². The maximum atomic E-state index is 5.03. The Morgan fingerprint density at radius 3 is 3.00 bits per heavy atom. The van der Waals surface area contributed by atoms with Crippen molar-refractivity contribution >= 4 is 23.3 Å². The van der Waals surface area contributed by atoms with Gasteiger partial charge < -0.3 is 14.7 Å². The minimum Gasteiger partial charge on any atom is -0.360 e. The van der Waals surface area contributed by atoms with Crippen LogP contribution < -0.4 is 10.2 Å². The Hall–Kier alpha value is -2.96. The normalized spacial score (nSPS) is 13.2. The lowest BCUT2D eigenvalue weighted by molar-refractivity contribution is 0.400. The summed E-state index contributed by atoms with van der Waals surface area (Å²) in [6, 6.07) is 10.1. The van der Waals surface area contributed by atoms with E-state index >= 15 is 0 Å². The van der Waals surface area contributed by atoms with Gasteiger partial charge in [0.1, 0.15) is 5.76 Å². The van der Waals surface area contributed by atoms with Crippen molar-refractivity contribution in [1.82, 2.24) is 20.3 Å². The van der Waals surface area contributed by atoms with Crippen molar-refractivity contribution in [3.8, 4) is 0 Å². The summed E-state index contributed by atoms with van der Waals surface area (Å²) in [7, 11) is 0. The molecule has 1 N–H and O–H groups in total. The minimum absolute atomic E-state index is 0.579. The third-order valence-electron chi connectivity index (χ3n) is 3.56. The standard InChI is InChI=1S/C15H14N6O/c1-10-8-13(20-22-10)17-14-9-16-19-15(18-14)21-7-6-11-4-2-3-5-12(11)21/h2-5,8-9H,6-7H2,1H3,(H,17,18,19,20). The van der Waals surface area contributed by atoms with Crippen molar-refractivity contribution in [2.45, 2.75) is 13.3 Å². The molecule has 0 radical (unpaired) electrons. The van der Waals surface area contributed by atoms with Crippen molar-refractivity contribution in [2.24, 2.45) is 0 Å². The fraction of sp³-hybridized carbons (Fsp3) is 0.200. The maximum Gasteiger partial charge on any atom is 0.251 e. The van der Waals surface area contributed by atoms with Gasteiger partial charge in [0.15, 0.2) is 11.6 Å². The van der Waals surface area contributed by atoms with E-state index in [0.29, 0.717) is 17.6 Å². The quantitative estimate of drug-likeness (QED) is 0.795. The largest absolute Gasteiger partial charge is 0.360 e. The Bertz CT molecular complexity index is 815. The Morgan fingerprint density at radius 1 is 1.23 bits per heavy atom. The van der Waals surface area contributed by atoms with E-state index in [4.69, 9.17) is 4.52 Å². The lowest BCUT2D eigenvalue weighted by Crippen LogP contribution is -2.17. The van der Waals surface area contributed by atoms with Gasteiger partial charge in [-0.2, -0.15) is 10.1 Å². The molecule has 0 unspecified atom stereocenters. The molecule has 1 aliphatic heterocycles. The topological polar surface area (TPSA) is 80.0 Å². The number of hydrogen-bond acceptors (Lipinski definition) is 7. The smallest absolute Gasteiger partial charge is 0.251 e. The lowest BCUT2D eigenvalue weighted by atomic mass is 10.2. The molecule has 1 aromatic carbocycles. The monoisotopic (exact) mass is 294 g/mol. The van der Waals surface area contributed by atoms with Gasteiger partial charge in [-0.05, 0) is 25.0 Å². The summed E-state index contributed by atoms with van der Waals surface area (Å²) in [5.41, 5.74) is 2.44. The highest BCUT2D eigenvalue weighted by Gasteiger charge is 2.22. The number of rotatable bonds is 3. The van der Waals surface area contributed by atoms with Crippen LogP contribution in [0.4, 0.5) is 23.3 Å². The molecule has 0 saturated heterocycles. The van der Waals surface area contributed by atoms with Gasteiger partial charge in [-0.3, -0.25) is 0 Å². The molecule has 0 saturated carbocycles. The zero-order valence-electron chi connectivity index (χ0n) is 12.0. The molecule has 22 heavy (non-hydrogen) atoms. The number of anilines is 4. The number of fused-ring (bicyclic) bond motifs is 1. The third kappa shape index (κ3) is 2.26. The summed E-state index contributed by atoms with van der Waals surface area (Å²) < 4.78 is 5.03. The van der Waals surface area contributed by atoms with E-state index in [1.165, 1.54) is 5.56 Å². The average Bonchev–Trinajstić information content (AvgIpc) is 3.14. The van der Waals surface area contributed by atoms with Gasteiger partial charge in [-0.25, -0.2) is 0 Å². The average molecular weight is 294 g/mol. The molecule has 0 atom stereocenters. The van der Waals surface area contributed by atoms with Crippen LogP contribution >= 0.6 is 0 Å². The minimum atomic E-state index is 0.579. The maximum absolute atomic E-state index is 5.03. The van der Waals surface area contributed by atoms with Crippen LogP contribution in [0.5, 0.6) is 0 Å². The number of nitrogens with one attached hydrogen (secondary N) is 1. The molecule has 1 aliphatic rings. The van der Waals surface area contributed by atoms with Crippen molar-refractivity contribution in [3.63, 3.8) is 0 Å². The molecule has 0 amide bonds. The van der Waals surface area contributed by atoms with Crippen LogP contribution in [0.1, 0.15) is 11.3 Å². The van der Waals surface area contributed by atoms with Gasteiger partial charge >= 0.3 is 0 Å². The van der Waals surface area contributed by atoms with Crippen LogP contribution in [0, 0.1) is 6.92 Å². The number of nitrogens with zero attached hydrogens (tertiary/aromatic N) is 5. The highest BCUT2D eigenvalue weighted by molar-refractivity contribution is 5.66. The number of hydrogen-bond donors (Lipinski definition) is 1. The predicted octanol–water partition coefficient (Wildman–Crippen LogP) is 2.61. The van der Waals surface area contributed by atoms with Gasteiger partial charge in [-0.1, -0.05) is 23.4 Å². The van der Waals surface area contributed by atoms with Gasteiger partial charge in [0.25, 0.3) is 5.95 Å². The number of para-hydroxylation sites is 1. The molecule has 110 valence electrons. The van der Waals surface area contributed by atoms with E-state index in [9.17, 15) is 0 Å². The molecule has 0 aliphatic carbocycles. The lowest BCUT2D eigenvalue weighted by Gasteiger charge is -2.16. The summed E-state index contributed by atoms with van der Waals surface area (Å²) in [6.45, 7) is 2.69. The number of aromatic nitrogens is 4. The summed E-state index contributed by atoms with van der Waals surface area (Å²) >= 11 is 0. The molecule has 4 rings (SSSR count). The molecule has 0 spiro atoms. The molecule has 7 nitrogen and oxygen atoms in total.